The van der Waals surface area contributed by atoms with Crippen molar-refractivity contribution >= 4 is 33.6 Å². The van der Waals surface area contributed by atoms with Gasteiger partial charge in [-0.15, -0.1) is 0 Å². The molecule has 2 amide bonds. The van der Waals surface area contributed by atoms with Gasteiger partial charge in [-0.25, -0.2) is 4.79 Å². The molecular weight excluding hydrogens is 312 g/mol. The van der Waals surface area contributed by atoms with Gasteiger partial charge in [0.05, 0.1) is 11.1 Å². The summed E-state index contributed by atoms with van der Waals surface area (Å²) in [4.78, 5) is 22.6. The number of aliphatic carboxylic acids is 1. The largest absolute Gasteiger partial charge is 0.481 e. The molecule has 0 fully saturated rings. The molecule has 19 heavy (non-hydrogen) atoms. The van der Waals surface area contributed by atoms with Gasteiger partial charge in [-0.05, 0) is 54.4 Å². The molecule has 0 heterocycles. The molecule has 1 rings (SSSR count). The molecule has 0 aliphatic carbocycles. The van der Waals surface area contributed by atoms with Crippen molar-refractivity contribution in [3.8, 4) is 0 Å². The number of carbonyl (C=O) groups excluding carboxylic acids is 1. The summed E-state index contributed by atoms with van der Waals surface area (Å²) in [5.74, 6) is -0.954. The molecular formula is C13H17BrN2O3. The minimum absolute atomic E-state index is 0.0532. The number of carboxylic acid groups (broad SMARTS) is 1. The Bertz CT molecular complexity index is 501. The van der Waals surface area contributed by atoms with Gasteiger partial charge in [0.15, 0.2) is 0 Å². The Balaban J connectivity index is 2.61. The number of rotatable bonds is 4. The molecule has 0 saturated carbocycles. The first kappa shape index (κ1) is 15.5. The van der Waals surface area contributed by atoms with E-state index >= 15 is 0 Å². The van der Waals surface area contributed by atoms with Crippen molar-refractivity contribution in [3.63, 3.8) is 0 Å². The van der Waals surface area contributed by atoms with Crippen LogP contribution in [-0.4, -0.2) is 23.7 Å². The molecule has 0 bridgehead atoms. The van der Waals surface area contributed by atoms with Gasteiger partial charge in [-0.2, -0.15) is 0 Å². The van der Waals surface area contributed by atoms with Gasteiger partial charge >= 0.3 is 12.0 Å². The molecule has 0 radical (unpaired) electrons. The summed E-state index contributed by atoms with van der Waals surface area (Å²) in [5.41, 5.74) is 0.663. The number of anilines is 1. The van der Waals surface area contributed by atoms with Crippen molar-refractivity contribution in [3.05, 3.63) is 28.2 Å². The first-order valence-electron chi connectivity index (χ1n) is 5.77. The van der Waals surface area contributed by atoms with Crippen molar-refractivity contribution in [2.75, 3.05) is 11.9 Å². The lowest BCUT2D eigenvalue weighted by Gasteiger charge is -2.19. The van der Waals surface area contributed by atoms with Crippen molar-refractivity contribution in [2.24, 2.45) is 5.41 Å². The highest BCUT2D eigenvalue weighted by Gasteiger charge is 2.27. The van der Waals surface area contributed by atoms with E-state index in [0.29, 0.717) is 5.69 Å². The molecule has 6 heteroatoms. The van der Waals surface area contributed by atoms with Crippen molar-refractivity contribution in [1.29, 1.82) is 0 Å². The normalized spacial score (nSPS) is 10.9. The highest BCUT2D eigenvalue weighted by molar-refractivity contribution is 9.10. The third-order valence-corrected chi connectivity index (χ3v) is 3.33. The minimum Gasteiger partial charge on any atom is -0.481 e. The second kappa shape index (κ2) is 6.06. The molecule has 0 atom stereocenters. The predicted molar refractivity (Wildman–Crippen MR) is 77.3 cm³/mol. The predicted octanol–water partition coefficient (Wildman–Crippen LogP) is 2.99. The maximum absolute atomic E-state index is 11.7. The van der Waals surface area contributed by atoms with Crippen molar-refractivity contribution < 1.29 is 14.7 Å². The van der Waals surface area contributed by atoms with E-state index in [1.54, 1.807) is 13.8 Å². The number of carboxylic acids is 1. The quantitative estimate of drug-likeness (QED) is 0.795. The molecule has 3 N–H and O–H groups in total. The van der Waals surface area contributed by atoms with E-state index in [-0.39, 0.29) is 6.54 Å². The number of amides is 2. The number of hydrogen-bond acceptors (Lipinski definition) is 2. The third kappa shape index (κ3) is 4.55. The van der Waals surface area contributed by atoms with Gasteiger partial charge in [0.2, 0.25) is 0 Å². The van der Waals surface area contributed by atoms with Crippen LogP contribution in [0.5, 0.6) is 0 Å². The number of urea groups is 1. The highest BCUT2D eigenvalue weighted by atomic mass is 79.9. The molecule has 5 nitrogen and oxygen atoms in total. The first-order valence-corrected chi connectivity index (χ1v) is 6.56. The highest BCUT2D eigenvalue weighted by Crippen LogP contribution is 2.23. The topological polar surface area (TPSA) is 78.4 Å². The maximum atomic E-state index is 11.7. The Morgan fingerprint density at radius 1 is 1.37 bits per heavy atom. The van der Waals surface area contributed by atoms with Gasteiger partial charge in [-0.1, -0.05) is 6.07 Å². The van der Waals surface area contributed by atoms with Crippen LogP contribution >= 0.6 is 15.9 Å². The fraction of sp³-hybridized carbons (Fsp3) is 0.385. The maximum Gasteiger partial charge on any atom is 0.319 e. The van der Waals surface area contributed by atoms with E-state index in [0.717, 1.165) is 10.0 Å². The second-order valence-electron chi connectivity index (χ2n) is 4.98. The summed E-state index contributed by atoms with van der Waals surface area (Å²) >= 11 is 3.34. The van der Waals surface area contributed by atoms with Crippen molar-refractivity contribution in [2.45, 2.75) is 20.8 Å². The minimum atomic E-state index is -0.999. The Hall–Kier alpha value is -1.56. The van der Waals surface area contributed by atoms with E-state index in [4.69, 9.17) is 5.11 Å². The summed E-state index contributed by atoms with van der Waals surface area (Å²) < 4.78 is 0.769. The van der Waals surface area contributed by atoms with Crippen LogP contribution in [0.25, 0.3) is 0 Å². The van der Waals surface area contributed by atoms with Gasteiger partial charge in [0.25, 0.3) is 0 Å². The van der Waals surface area contributed by atoms with E-state index < -0.39 is 17.4 Å². The van der Waals surface area contributed by atoms with E-state index in [2.05, 4.69) is 26.6 Å². The molecule has 1 aromatic carbocycles. The van der Waals surface area contributed by atoms with Gasteiger partial charge in [-0.3, -0.25) is 4.79 Å². The Morgan fingerprint density at radius 2 is 2.00 bits per heavy atom. The zero-order valence-corrected chi connectivity index (χ0v) is 12.7. The van der Waals surface area contributed by atoms with Crippen LogP contribution in [0.4, 0.5) is 10.5 Å². The van der Waals surface area contributed by atoms with Crippen LogP contribution in [0, 0.1) is 12.3 Å². The standard InChI is InChI=1S/C13H17BrN2O3/c1-8-4-5-9(14)10(6-8)16-12(19)15-7-13(2,3)11(17)18/h4-6H,7H2,1-3H3,(H,17,18)(H2,15,16,19). The zero-order chi connectivity index (χ0) is 14.6. The summed E-state index contributed by atoms with van der Waals surface area (Å²) in [6.07, 6.45) is 0. The van der Waals surface area contributed by atoms with E-state index in [1.807, 2.05) is 25.1 Å². The Kier molecular flexibility index (Phi) is 4.94. The summed E-state index contributed by atoms with van der Waals surface area (Å²) in [5, 5.41) is 14.2. The fourth-order valence-corrected chi connectivity index (χ4v) is 1.62. The molecule has 0 spiro atoms. The number of hydrogen-bond donors (Lipinski definition) is 3. The number of aryl methyl sites for hydroxylation is 1. The van der Waals surface area contributed by atoms with Crippen LogP contribution in [0.15, 0.2) is 22.7 Å². The van der Waals surface area contributed by atoms with Crippen LogP contribution in [0.3, 0.4) is 0 Å². The lowest BCUT2D eigenvalue weighted by atomic mass is 9.94. The molecule has 104 valence electrons. The monoisotopic (exact) mass is 328 g/mol. The Labute approximate surface area is 120 Å². The SMILES string of the molecule is Cc1ccc(Br)c(NC(=O)NCC(C)(C)C(=O)O)c1. The number of carbonyl (C=O) groups is 2. The van der Waals surface area contributed by atoms with Gasteiger partial charge < -0.3 is 15.7 Å². The first-order chi connectivity index (χ1) is 8.72. The molecule has 0 saturated heterocycles. The van der Waals surface area contributed by atoms with Crippen LogP contribution in [0.2, 0.25) is 0 Å². The molecule has 0 unspecified atom stereocenters. The lowest BCUT2D eigenvalue weighted by molar-refractivity contribution is -0.146. The summed E-state index contributed by atoms with van der Waals surface area (Å²) in [6, 6.07) is 5.15. The average Bonchev–Trinajstić information content (AvgIpc) is 2.31. The smallest absolute Gasteiger partial charge is 0.319 e. The van der Waals surface area contributed by atoms with Gasteiger partial charge in [0.1, 0.15) is 0 Å². The average molecular weight is 329 g/mol. The number of benzene rings is 1. The Morgan fingerprint density at radius 3 is 2.58 bits per heavy atom. The fourth-order valence-electron chi connectivity index (χ4n) is 1.28. The molecule has 0 aliphatic rings. The summed E-state index contributed by atoms with van der Waals surface area (Å²) in [7, 11) is 0. The van der Waals surface area contributed by atoms with E-state index in [9.17, 15) is 9.59 Å². The third-order valence-electron chi connectivity index (χ3n) is 2.64. The summed E-state index contributed by atoms with van der Waals surface area (Å²) in [6.45, 7) is 5.08. The second-order valence-corrected chi connectivity index (χ2v) is 5.83. The lowest BCUT2D eigenvalue weighted by Crippen LogP contribution is -2.40. The molecule has 0 aromatic heterocycles. The van der Waals surface area contributed by atoms with Crippen LogP contribution < -0.4 is 10.6 Å². The van der Waals surface area contributed by atoms with Crippen molar-refractivity contribution in [1.82, 2.24) is 5.32 Å². The molecule has 0 aliphatic heterocycles. The molecule has 1 aromatic rings. The van der Waals surface area contributed by atoms with Crippen LogP contribution in [-0.2, 0) is 4.79 Å². The zero-order valence-electron chi connectivity index (χ0n) is 11.1. The number of nitrogens with one attached hydrogen (secondary N) is 2. The van der Waals surface area contributed by atoms with Gasteiger partial charge in [0, 0.05) is 11.0 Å². The number of halogens is 1. The van der Waals surface area contributed by atoms with Crippen LogP contribution in [0.1, 0.15) is 19.4 Å². The van der Waals surface area contributed by atoms with E-state index in [1.165, 1.54) is 0 Å².